The van der Waals surface area contributed by atoms with Gasteiger partial charge in [-0.2, -0.15) is 0 Å². The van der Waals surface area contributed by atoms with Crippen molar-refractivity contribution in [3.8, 4) is 0 Å². The van der Waals surface area contributed by atoms with Gasteiger partial charge in [0.25, 0.3) is 11.6 Å². The van der Waals surface area contributed by atoms with E-state index in [9.17, 15) is 19.7 Å². The summed E-state index contributed by atoms with van der Waals surface area (Å²) in [6, 6.07) is 3.85. The topological polar surface area (TPSA) is 101 Å². The van der Waals surface area contributed by atoms with Crippen LogP contribution in [0.15, 0.2) is 18.2 Å². The van der Waals surface area contributed by atoms with Gasteiger partial charge in [-0.15, -0.1) is 0 Å². The van der Waals surface area contributed by atoms with Crippen LogP contribution in [0.2, 0.25) is 5.02 Å². The number of rotatable bonds is 6. The SMILES string of the molecule is O=C(NCCNC(=O)C1CC1)c1ccc(Cl)cc1[N+](=O)[O-]. The van der Waals surface area contributed by atoms with E-state index in [1.807, 2.05) is 0 Å². The van der Waals surface area contributed by atoms with Gasteiger partial charge in [0.05, 0.1) is 4.92 Å². The summed E-state index contributed by atoms with van der Waals surface area (Å²) in [7, 11) is 0. The average molecular weight is 312 g/mol. The molecule has 0 aliphatic heterocycles. The van der Waals surface area contributed by atoms with Gasteiger partial charge < -0.3 is 10.6 Å². The van der Waals surface area contributed by atoms with Crippen molar-refractivity contribution in [1.82, 2.24) is 10.6 Å². The van der Waals surface area contributed by atoms with Gasteiger partial charge in [0, 0.05) is 30.1 Å². The number of hydrogen-bond donors (Lipinski definition) is 2. The van der Waals surface area contributed by atoms with Gasteiger partial charge in [-0.25, -0.2) is 0 Å². The number of carbonyl (C=O) groups is 2. The van der Waals surface area contributed by atoms with Crippen LogP contribution in [0.4, 0.5) is 5.69 Å². The van der Waals surface area contributed by atoms with Gasteiger partial charge in [0.15, 0.2) is 0 Å². The van der Waals surface area contributed by atoms with Crippen LogP contribution < -0.4 is 10.6 Å². The van der Waals surface area contributed by atoms with Crippen molar-refractivity contribution in [2.45, 2.75) is 12.8 Å². The van der Waals surface area contributed by atoms with E-state index in [1.165, 1.54) is 12.1 Å². The number of halogens is 1. The fraction of sp³-hybridized carbons (Fsp3) is 0.385. The highest BCUT2D eigenvalue weighted by atomic mass is 35.5. The number of amides is 2. The molecule has 0 aromatic heterocycles. The van der Waals surface area contributed by atoms with Gasteiger partial charge >= 0.3 is 0 Å². The van der Waals surface area contributed by atoms with E-state index in [0.29, 0.717) is 6.54 Å². The standard InChI is InChI=1S/C13H14ClN3O4/c14-9-3-4-10(11(7-9)17(20)21)13(19)16-6-5-15-12(18)8-1-2-8/h3-4,7-8H,1-2,5-6H2,(H,15,18)(H,16,19). The largest absolute Gasteiger partial charge is 0.354 e. The lowest BCUT2D eigenvalue weighted by Crippen LogP contribution is -2.35. The summed E-state index contributed by atoms with van der Waals surface area (Å²) < 4.78 is 0. The van der Waals surface area contributed by atoms with Crippen LogP contribution in [0.1, 0.15) is 23.2 Å². The van der Waals surface area contributed by atoms with Crippen LogP contribution in [0.5, 0.6) is 0 Å². The quantitative estimate of drug-likeness (QED) is 0.472. The number of carbonyl (C=O) groups excluding carboxylic acids is 2. The number of benzene rings is 1. The van der Waals surface area contributed by atoms with Crippen LogP contribution >= 0.6 is 11.6 Å². The molecule has 0 spiro atoms. The first-order valence-electron chi connectivity index (χ1n) is 6.49. The Balaban J connectivity index is 1.87. The highest BCUT2D eigenvalue weighted by molar-refractivity contribution is 6.31. The third-order valence-electron chi connectivity index (χ3n) is 3.06. The molecular weight excluding hydrogens is 298 g/mol. The molecule has 1 aromatic rings. The molecule has 2 rings (SSSR count). The predicted octanol–water partition coefficient (Wildman–Crippen LogP) is 1.50. The van der Waals surface area contributed by atoms with Gasteiger partial charge in [-0.3, -0.25) is 19.7 Å². The van der Waals surface area contributed by atoms with E-state index in [4.69, 9.17) is 11.6 Å². The van der Waals surface area contributed by atoms with Crippen molar-refractivity contribution in [1.29, 1.82) is 0 Å². The molecule has 1 fully saturated rings. The van der Waals surface area contributed by atoms with Gasteiger partial charge in [-0.05, 0) is 25.0 Å². The lowest BCUT2D eigenvalue weighted by atomic mass is 10.1. The molecule has 21 heavy (non-hydrogen) atoms. The van der Waals surface area contributed by atoms with Crippen LogP contribution in [0.3, 0.4) is 0 Å². The highest BCUT2D eigenvalue weighted by Gasteiger charge is 2.29. The minimum Gasteiger partial charge on any atom is -0.354 e. The fourth-order valence-corrected chi connectivity index (χ4v) is 1.96. The molecule has 112 valence electrons. The molecule has 2 N–H and O–H groups in total. The van der Waals surface area contributed by atoms with Crippen LogP contribution in [-0.4, -0.2) is 29.8 Å². The summed E-state index contributed by atoms with van der Waals surface area (Å²) in [6.07, 6.45) is 1.82. The van der Waals surface area contributed by atoms with Crippen molar-refractivity contribution in [2.75, 3.05) is 13.1 Å². The second-order valence-electron chi connectivity index (χ2n) is 4.74. The third-order valence-corrected chi connectivity index (χ3v) is 3.29. The van der Waals surface area contributed by atoms with Crippen LogP contribution in [0.25, 0.3) is 0 Å². The van der Waals surface area contributed by atoms with Gasteiger partial charge in [-0.1, -0.05) is 11.6 Å². The molecule has 0 bridgehead atoms. The molecule has 0 unspecified atom stereocenters. The minimum absolute atomic E-state index is 0.0123. The molecule has 0 atom stereocenters. The summed E-state index contributed by atoms with van der Waals surface area (Å²) in [6.45, 7) is 0.500. The van der Waals surface area contributed by atoms with Crippen LogP contribution in [0, 0.1) is 16.0 Å². The molecule has 1 aliphatic rings. The minimum atomic E-state index is -0.657. The zero-order chi connectivity index (χ0) is 15.4. The molecular formula is C13H14ClN3O4. The number of hydrogen-bond acceptors (Lipinski definition) is 4. The summed E-state index contributed by atoms with van der Waals surface area (Å²) >= 11 is 5.68. The van der Waals surface area contributed by atoms with Gasteiger partial charge in [0.1, 0.15) is 5.56 Å². The van der Waals surface area contributed by atoms with Crippen molar-refractivity contribution < 1.29 is 14.5 Å². The Bertz CT molecular complexity index is 587. The lowest BCUT2D eigenvalue weighted by Gasteiger charge is -2.07. The Morgan fingerprint density at radius 3 is 2.57 bits per heavy atom. The van der Waals surface area contributed by atoms with Crippen molar-refractivity contribution in [3.05, 3.63) is 38.9 Å². The zero-order valence-corrected chi connectivity index (χ0v) is 11.9. The van der Waals surface area contributed by atoms with E-state index in [2.05, 4.69) is 10.6 Å². The van der Waals surface area contributed by atoms with Crippen LogP contribution in [-0.2, 0) is 4.79 Å². The first-order valence-corrected chi connectivity index (χ1v) is 6.86. The zero-order valence-electron chi connectivity index (χ0n) is 11.1. The second-order valence-corrected chi connectivity index (χ2v) is 5.18. The second kappa shape index (κ2) is 6.53. The van der Waals surface area contributed by atoms with E-state index < -0.39 is 10.8 Å². The summed E-state index contributed by atoms with van der Waals surface area (Å²) in [5.41, 5.74) is -0.403. The van der Waals surface area contributed by atoms with Crippen molar-refractivity contribution in [2.24, 2.45) is 5.92 Å². The molecule has 2 amide bonds. The van der Waals surface area contributed by atoms with Crippen molar-refractivity contribution in [3.63, 3.8) is 0 Å². The maximum Gasteiger partial charge on any atom is 0.283 e. The maximum atomic E-state index is 11.9. The molecule has 0 heterocycles. The summed E-state index contributed by atoms with van der Waals surface area (Å²) in [5, 5.41) is 16.3. The molecule has 1 saturated carbocycles. The Kier molecular flexibility index (Phi) is 4.74. The Labute approximate surface area is 125 Å². The lowest BCUT2D eigenvalue weighted by molar-refractivity contribution is -0.385. The van der Waals surface area contributed by atoms with E-state index >= 15 is 0 Å². The fourth-order valence-electron chi connectivity index (χ4n) is 1.79. The van der Waals surface area contributed by atoms with E-state index in [1.54, 1.807) is 0 Å². The molecule has 0 radical (unpaired) electrons. The first kappa shape index (κ1) is 15.2. The van der Waals surface area contributed by atoms with Gasteiger partial charge in [0.2, 0.25) is 5.91 Å². The molecule has 1 aliphatic carbocycles. The Morgan fingerprint density at radius 1 is 1.29 bits per heavy atom. The number of nitro groups is 1. The van der Waals surface area contributed by atoms with Crippen molar-refractivity contribution >= 4 is 29.1 Å². The molecule has 1 aromatic carbocycles. The maximum absolute atomic E-state index is 11.9. The Hall–Kier alpha value is -2.15. The number of nitrogens with one attached hydrogen (secondary N) is 2. The third kappa shape index (κ3) is 4.16. The average Bonchev–Trinajstić information content (AvgIpc) is 3.27. The molecule has 8 heteroatoms. The predicted molar refractivity (Wildman–Crippen MR) is 76.2 cm³/mol. The first-order chi connectivity index (χ1) is 9.99. The van der Waals surface area contributed by atoms with E-state index in [-0.39, 0.29) is 34.6 Å². The summed E-state index contributed by atoms with van der Waals surface area (Å²) in [5.74, 6) is -0.473. The number of nitro benzene ring substituents is 1. The molecule has 7 nitrogen and oxygen atoms in total. The monoisotopic (exact) mass is 311 g/mol. The summed E-state index contributed by atoms with van der Waals surface area (Å²) in [4.78, 5) is 33.5. The smallest absolute Gasteiger partial charge is 0.283 e. The molecule has 0 saturated heterocycles. The normalized spacial score (nSPS) is 13.6. The number of nitrogens with zero attached hydrogens (tertiary/aromatic N) is 1. The Morgan fingerprint density at radius 2 is 1.95 bits per heavy atom. The highest BCUT2D eigenvalue weighted by Crippen LogP contribution is 2.28. The van der Waals surface area contributed by atoms with E-state index in [0.717, 1.165) is 18.9 Å².